The highest BCUT2D eigenvalue weighted by Gasteiger charge is 2.25. The number of imidazole rings is 1. The molecule has 0 aliphatic carbocycles. The first kappa shape index (κ1) is 19.1. The zero-order valence-corrected chi connectivity index (χ0v) is 16.4. The van der Waals surface area contributed by atoms with E-state index in [-0.39, 0.29) is 17.8 Å². The van der Waals surface area contributed by atoms with Crippen LogP contribution in [0.2, 0.25) is 0 Å². The Morgan fingerprint density at radius 3 is 2.55 bits per heavy atom. The predicted molar refractivity (Wildman–Crippen MR) is 111 cm³/mol. The lowest BCUT2D eigenvalue weighted by molar-refractivity contribution is -0.121. The molecule has 0 bridgehead atoms. The number of benzene rings is 2. The molecule has 3 aromatic rings. The standard InChI is InChI=1S/C22H24N4O3/c1-29-22(28)16-6-8-17(9-7-16)23-21(27)15-10-12-26(13-11-15)14-20-24-18-4-2-3-5-19(18)25-20/h2-9,15H,10-14H2,1H3,(H,23,27)(H,24,25). The maximum absolute atomic E-state index is 12.6. The highest BCUT2D eigenvalue weighted by Crippen LogP contribution is 2.21. The van der Waals surface area contributed by atoms with Crippen molar-refractivity contribution in [3.63, 3.8) is 0 Å². The minimum Gasteiger partial charge on any atom is -0.465 e. The van der Waals surface area contributed by atoms with Crippen molar-refractivity contribution in [1.29, 1.82) is 0 Å². The Bertz CT molecular complexity index is 971. The van der Waals surface area contributed by atoms with Gasteiger partial charge in [0.25, 0.3) is 0 Å². The SMILES string of the molecule is COC(=O)c1ccc(NC(=O)C2CCN(Cc3nc4ccccc4[nH]3)CC2)cc1. The highest BCUT2D eigenvalue weighted by atomic mass is 16.5. The van der Waals surface area contributed by atoms with Gasteiger partial charge in [-0.1, -0.05) is 12.1 Å². The average Bonchev–Trinajstić information content (AvgIpc) is 3.16. The van der Waals surface area contributed by atoms with E-state index in [1.165, 1.54) is 7.11 Å². The molecule has 1 fully saturated rings. The minimum absolute atomic E-state index is 0.0118. The number of anilines is 1. The van der Waals surface area contributed by atoms with Gasteiger partial charge >= 0.3 is 5.97 Å². The molecule has 0 radical (unpaired) electrons. The molecule has 2 N–H and O–H groups in total. The lowest BCUT2D eigenvalue weighted by atomic mass is 9.95. The van der Waals surface area contributed by atoms with E-state index in [4.69, 9.17) is 0 Å². The van der Waals surface area contributed by atoms with Crippen molar-refractivity contribution in [2.75, 3.05) is 25.5 Å². The number of aromatic amines is 1. The van der Waals surface area contributed by atoms with Crippen LogP contribution in [0.3, 0.4) is 0 Å². The van der Waals surface area contributed by atoms with E-state index in [1.807, 2.05) is 24.3 Å². The third-order valence-electron chi connectivity index (χ3n) is 5.34. The van der Waals surface area contributed by atoms with Crippen LogP contribution in [0.15, 0.2) is 48.5 Å². The lowest BCUT2D eigenvalue weighted by Crippen LogP contribution is -2.38. The number of carbonyl (C=O) groups is 2. The van der Waals surface area contributed by atoms with E-state index in [1.54, 1.807) is 24.3 Å². The molecule has 7 nitrogen and oxygen atoms in total. The molecule has 1 amide bonds. The van der Waals surface area contributed by atoms with Crippen molar-refractivity contribution >= 4 is 28.6 Å². The summed E-state index contributed by atoms with van der Waals surface area (Å²) in [5.74, 6) is 0.584. The summed E-state index contributed by atoms with van der Waals surface area (Å²) >= 11 is 0. The second-order valence-corrected chi connectivity index (χ2v) is 7.31. The molecule has 4 rings (SSSR count). The Morgan fingerprint density at radius 2 is 1.86 bits per heavy atom. The summed E-state index contributed by atoms with van der Waals surface area (Å²) in [4.78, 5) is 34.4. The van der Waals surface area contributed by atoms with Gasteiger partial charge in [-0.2, -0.15) is 0 Å². The van der Waals surface area contributed by atoms with Gasteiger partial charge in [0.05, 0.1) is 30.3 Å². The molecular formula is C22H24N4O3. The number of H-pyrrole nitrogens is 1. The van der Waals surface area contributed by atoms with E-state index in [9.17, 15) is 9.59 Å². The third-order valence-corrected chi connectivity index (χ3v) is 5.34. The van der Waals surface area contributed by atoms with Crippen molar-refractivity contribution in [3.8, 4) is 0 Å². The zero-order valence-electron chi connectivity index (χ0n) is 16.4. The highest BCUT2D eigenvalue weighted by molar-refractivity contribution is 5.94. The summed E-state index contributed by atoms with van der Waals surface area (Å²) in [6, 6.07) is 14.8. The van der Waals surface area contributed by atoms with Crippen LogP contribution in [0, 0.1) is 5.92 Å². The number of rotatable bonds is 5. The molecule has 2 aromatic carbocycles. The topological polar surface area (TPSA) is 87.3 Å². The molecule has 1 saturated heterocycles. The second-order valence-electron chi connectivity index (χ2n) is 7.31. The maximum atomic E-state index is 12.6. The Labute approximate surface area is 169 Å². The van der Waals surface area contributed by atoms with Crippen LogP contribution in [0.4, 0.5) is 5.69 Å². The number of nitrogens with zero attached hydrogens (tertiary/aromatic N) is 2. The van der Waals surface area contributed by atoms with Gasteiger partial charge in [-0.25, -0.2) is 9.78 Å². The van der Waals surface area contributed by atoms with Crippen molar-refractivity contribution in [2.24, 2.45) is 5.92 Å². The smallest absolute Gasteiger partial charge is 0.337 e. The summed E-state index contributed by atoms with van der Waals surface area (Å²) in [6.07, 6.45) is 1.62. The van der Waals surface area contributed by atoms with Crippen LogP contribution in [0.5, 0.6) is 0 Å². The Balaban J connectivity index is 1.28. The Hall–Kier alpha value is -3.19. The van der Waals surface area contributed by atoms with Crippen LogP contribution in [0.1, 0.15) is 29.0 Å². The van der Waals surface area contributed by atoms with E-state index in [2.05, 4.69) is 24.9 Å². The number of para-hydroxylation sites is 2. The molecule has 0 unspecified atom stereocenters. The number of amides is 1. The van der Waals surface area contributed by atoms with Gasteiger partial charge in [0, 0.05) is 11.6 Å². The quantitative estimate of drug-likeness (QED) is 0.651. The summed E-state index contributed by atoms with van der Waals surface area (Å²) in [5.41, 5.74) is 3.18. The predicted octanol–water partition coefficient (Wildman–Crippen LogP) is 3.20. The van der Waals surface area contributed by atoms with E-state index in [0.29, 0.717) is 11.3 Å². The van der Waals surface area contributed by atoms with Crippen LogP contribution < -0.4 is 5.32 Å². The van der Waals surface area contributed by atoms with Crippen LogP contribution in [-0.4, -0.2) is 46.9 Å². The number of nitrogens with one attached hydrogen (secondary N) is 2. The molecule has 150 valence electrons. The largest absolute Gasteiger partial charge is 0.465 e. The van der Waals surface area contributed by atoms with Crippen molar-refractivity contribution in [1.82, 2.24) is 14.9 Å². The molecule has 7 heteroatoms. The first-order chi connectivity index (χ1) is 14.1. The number of ether oxygens (including phenoxy) is 1. The van der Waals surface area contributed by atoms with Crippen LogP contribution in [0.25, 0.3) is 11.0 Å². The average molecular weight is 392 g/mol. The fourth-order valence-corrected chi connectivity index (χ4v) is 3.70. The number of esters is 1. The zero-order chi connectivity index (χ0) is 20.2. The second kappa shape index (κ2) is 8.45. The van der Waals surface area contributed by atoms with Gasteiger partial charge in [-0.3, -0.25) is 9.69 Å². The number of aromatic nitrogens is 2. The number of piperidine rings is 1. The summed E-state index contributed by atoms with van der Waals surface area (Å²) in [7, 11) is 1.35. The molecular weight excluding hydrogens is 368 g/mol. The van der Waals surface area contributed by atoms with Gasteiger partial charge in [-0.05, 0) is 62.3 Å². The van der Waals surface area contributed by atoms with Gasteiger partial charge < -0.3 is 15.0 Å². The first-order valence-corrected chi connectivity index (χ1v) is 9.77. The molecule has 1 aliphatic rings. The van der Waals surface area contributed by atoms with Crippen molar-refractivity contribution in [2.45, 2.75) is 19.4 Å². The molecule has 29 heavy (non-hydrogen) atoms. The van der Waals surface area contributed by atoms with Crippen molar-refractivity contribution < 1.29 is 14.3 Å². The number of carbonyl (C=O) groups excluding carboxylic acids is 2. The molecule has 0 atom stereocenters. The van der Waals surface area contributed by atoms with Gasteiger partial charge in [-0.15, -0.1) is 0 Å². The fourth-order valence-electron chi connectivity index (χ4n) is 3.70. The van der Waals surface area contributed by atoms with Crippen molar-refractivity contribution in [3.05, 3.63) is 59.9 Å². The number of fused-ring (bicyclic) bond motifs is 1. The Kier molecular flexibility index (Phi) is 5.57. The van der Waals surface area contributed by atoms with E-state index in [0.717, 1.165) is 49.3 Å². The lowest BCUT2D eigenvalue weighted by Gasteiger charge is -2.30. The molecule has 1 aliphatic heterocycles. The molecule has 1 aromatic heterocycles. The van der Waals surface area contributed by atoms with Gasteiger partial charge in [0.1, 0.15) is 5.82 Å². The summed E-state index contributed by atoms with van der Waals surface area (Å²) in [5, 5.41) is 2.95. The maximum Gasteiger partial charge on any atom is 0.337 e. The number of likely N-dealkylation sites (tertiary alicyclic amines) is 1. The normalized spacial score (nSPS) is 15.3. The molecule has 2 heterocycles. The summed E-state index contributed by atoms with van der Waals surface area (Å²) in [6.45, 7) is 2.48. The Morgan fingerprint density at radius 1 is 1.14 bits per heavy atom. The number of hydrogen-bond donors (Lipinski definition) is 2. The summed E-state index contributed by atoms with van der Waals surface area (Å²) < 4.78 is 4.68. The van der Waals surface area contributed by atoms with E-state index >= 15 is 0 Å². The molecule has 0 saturated carbocycles. The molecule has 0 spiro atoms. The van der Waals surface area contributed by atoms with Crippen LogP contribution in [-0.2, 0) is 16.1 Å². The first-order valence-electron chi connectivity index (χ1n) is 9.77. The number of hydrogen-bond acceptors (Lipinski definition) is 5. The third kappa shape index (κ3) is 4.46. The van der Waals surface area contributed by atoms with Crippen LogP contribution >= 0.6 is 0 Å². The van der Waals surface area contributed by atoms with Gasteiger partial charge in [0.15, 0.2) is 0 Å². The van der Waals surface area contributed by atoms with E-state index < -0.39 is 0 Å². The minimum atomic E-state index is -0.389. The fraction of sp³-hybridized carbons (Fsp3) is 0.318. The number of methoxy groups -OCH3 is 1. The van der Waals surface area contributed by atoms with Gasteiger partial charge in [0.2, 0.25) is 5.91 Å². The monoisotopic (exact) mass is 392 g/mol.